The van der Waals surface area contributed by atoms with E-state index in [1.807, 2.05) is 12.1 Å². The Morgan fingerprint density at radius 2 is 2.19 bits per heavy atom. The van der Waals surface area contributed by atoms with Gasteiger partial charge in [0, 0.05) is 0 Å². The summed E-state index contributed by atoms with van der Waals surface area (Å²) in [7, 11) is 1.43. The molecule has 1 aliphatic rings. The number of hydrogen-bond acceptors (Lipinski definition) is 2. The Hall–Kier alpha value is -1.31. The van der Waals surface area contributed by atoms with E-state index in [0.29, 0.717) is 11.5 Å². The van der Waals surface area contributed by atoms with Gasteiger partial charge < -0.3 is 4.74 Å². The molecule has 0 aliphatic heterocycles. The van der Waals surface area contributed by atoms with E-state index in [4.69, 9.17) is 4.74 Å². The fraction of sp³-hybridized carbons (Fsp3) is 0.500. The van der Waals surface area contributed by atoms with Crippen LogP contribution in [0.5, 0.6) is 0 Å². The number of esters is 1. The van der Waals surface area contributed by atoms with E-state index in [-0.39, 0.29) is 5.97 Å². The second-order valence-electron chi connectivity index (χ2n) is 4.55. The fourth-order valence-corrected chi connectivity index (χ4v) is 2.47. The molecular weight excluding hydrogens is 200 g/mol. The summed E-state index contributed by atoms with van der Waals surface area (Å²) in [5, 5.41) is 0. The molecule has 86 valence electrons. The minimum atomic E-state index is -0.236. The number of carbonyl (C=O) groups excluding carboxylic acids is 1. The van der Waals surface area contributed by atoms with E-state index in [9.17, 15) is 4.79 Å². The predicted molar refractivity (Wildman–Crippen MR) is 63.8 cm³/mol. The highest BCUT2D eigenvalue weighted by atomic mass is 16.5. The first-order valence-electron chi connectivity index (χ1n) is 5.93. The van der Waals surface area contributed by atoms with Gasteiger partial charge in [0.1, 0.15) is 0 Å². The zero-order chi connectivity index (χ0) is 11.5. The normalized spacial score (nSPS) is 19.8. The van der Waals surface area contributed by atoms with Crippen molar-refractivity contribution < 1.29 is 9.53 Å². The number of carbonyl (C=O) groups is 1. The molecule has 2 rings (SSSR count). The Labute approximate surface area is 96.6 Å². The quantitative estimate of drug-likeness (QED) is 0.534. The molecule has 1 aliphatic carbocycles. The van der Waals surface area contributed by atoms with E-state index in [1.54, 1.807) is 0 Å². The summed E-state index contributed by atoms with van der Waals surface area (Å²) in [5.74, 6) is 0.379. The number of fused-ring (bicyclic) bond motifs is 1. The van der Waals surface area contributed by atoms with Gasteiger partial charge >= 0.3 is 5.97 Å². The SMILES string of the molecule is COC(=O)c1ccc2c(c1)CCCCC2C. The van der Waals surface area contributed by atoms with Crippen LogP contribution in [0.15, 0.2) is 18.2 Å². The van der Waals surface area contributed by atoms with Gasteiger partial charge in [-0.3, -0.25) is 0 Å². The average Bonchev–Trinajstić information content (AvgIpc) is 2.50. The molecule has 0 bridgehead atoms. The molecule has 0 saturated heterocycles. The van der Waals surface area contributed by atoms with Gasteiger partial charge in [0.2, 0.25) is 0 Å². The van der Waals surface area contributed by atoms with Gasteiger partial charge in [-0.15, -0.1) is 0 Å². The highest BCUT2D eigenvalue weighted by Gasteiger charge is 2.16. The molecule has 0 aromatic heterocycles. The molecule has 0 N–H and O–H groups in total. The molecule has 0 spiro atoms. The van der Waals surface area contributed by atoms with E-state index in [1.165, 1.54) is 37.5 Å². The smallest absolute Gasteiger partial charge is 0.337 e. The van der Waals surface area contributed by atoms with Gasteiger partial charge in [-0.25, -0.2) is 4.79 Å². The molecule has 16 heavy (non-hydrogen) atoms. The molecule has 1 aromatic rings. The lowest BCUT2D eigenvalue weighted by atomic mass is 9.93. The third-order valence-electron chi connectivity index (χ3n) is 3.43. The molecule has 0 saturated carbocycles. The summed E-state index contributed by atoms with van der Waals surface area (Å²) < 4.78 is 4.75. The Morgan fingerprint density at radius 3 is 2.94 bits per heavy atom. The van der Waals surface area contributed by atoms with E-state index in [2.05, 4.69) is 13.0 Å². The molecule has 0 radical (unpaired) electrons. The highest BCUT2D eigenvalue weighted by Crippen LogP contribution is 2.30. The topological polar surface area (TPSA) is 26.3 Å². The van der Waals surface area contributed by atoms with Crippen LogP contribution >= 0.6 is 0 Å². The van der Waals surface area contributed by atoms with Gasteiger partial charge in [-0.05, 0) is 48.4 Å². The van der Waals surface area contributed by atoms with Gasteiger partial charge in [0.15, 0.2) is 0 Å². The van der Waals surface area contributed by atoms with Crippen molar-refractivity contribution in [1.29, 1.82) is 0 Å². The van der Waals surface area contributed by atoms with Crippen molar-refractivity contribution in [3.05, 3.63) is 34.9 Å². The maximum atomic E-state index is 11.4. The minimum absolute atomic E-state index is 0.236. The van der Waals surface area contributed by atoms with Crippen LogP contribution in [0.1, 0.15) is 53.6 Å². The lowest BCUT2D eigenvalue weighted by Crippen LogP contribution is -2.04. The highest BCUT2D eigenvalue weighted by molar-refractivity contribution is 5.89. The van der Waals surface area contributed by atoms with Crippen molar-refractivity contribution in [2.24, 2.45) is 0 Å². The number of hydrogen-bond donors (Lipinski definition) is 0. The second kappa shape index (κ2) is 4.69. The molecule has 1 unspecified atom stereocenters. The molecule has 2 nitrogen and oxygen atoms in total. The molecule has 1 aromatic carbocycles. The van der Waals surface area contributed by atoms with Crippen LogP contribution in [-0.2, 0) is 11.2 Å². The van der Waals surface area contributed by atoms with Crippen molar-refractivity contribution in [3.8, 4) is 0 Å². The lowest BCUT2D eigenvalue weighted by molar-refractivity contribution is 0.0600. The molecule has 0 fully saturated rings. The van der Waals surface area contributed by atoms with Crippen LogP contribution < -0.4 is 0 Å². The summed E-state index contributed by atoms with van der Waals surface area (Å²) in [4.78, 5) is 11.4. The zero-order valence-electron chi connectivity index (χ0n) is 9.95. The summed E-state index contributed by atoms with van der Waals surface area (Å²) in [6, 6.07) is 5.98. The fourth-order valence-electron chi connectivity index (χ4n) is 2.47. The van der Waals surface area contributed by atoms with Gasteiger partial charge in [0.05, 0.1) is 12.7 Å². The minimum Gasteiger partial charge on any atom is -0.465 e. The van der Waals surface area contributed by atoms with Crippen LogP contribution in [0.4, 0.5) is 0 Å². The number of ether oxygens (including phenoxy) is 1. The van der Waals surface area contributed by atoms with Gasteiger partial charge in [-0.2, -0.15) is 0 Å². The van der Waals surface area contributed by atoms with Crippen molar-refractivity contribution in [1.82, 2.24) is 0 Å². The Bertz CT molecular complexity index is 396. The number of rotatable bonds is 1. The largest absolute Gasteiger partial charge is 0.465 e. The van der Waals surface area contributed by atoms with E-state index >= 15 is 0 Å². The van der Waals surface area contributed by atoms with Crippen LogP contribution in [0, 0.1) is 0 Å². The Kier molecular flexibility index (Phi) is 3.28. The van der Waals surface area contributed by atoms with Crippen molar-refractivity contribution in [2.45, 2.75) is 38.5 Å². The molecular formula is C14H18O2. The first kappa shape index (κ1) is 11.2. The Morgan fingerprint density at radius 1 is 1.38 bits per heavy atom. The monoisotopic (exact) mass is 218 g/mol. The van der Waals surface area contributed by atoms with Crippen LogP contribution in [0.2, 0.25) is 0 Å². The third kappa shape index (κ3) is 2.11. The lowest BCUT2D eigenvalue weighted by Gasteiger charge is -2.13. The first-order chi connectivity index (χ1) is 7.72. The van der Waals surface area contributed by atoms with Gasteiger partial charge in [0.25, 0.3) is 0 Å². The van der Waals surface area contributed by atoms with Gasteiger partial charge in [-0.1, -0.05) is 19.4 Å². The van der Waals surface area contributed by atoms with Crippen LogP contribution in [-0.4, -0.2) is 13.1 Å². The zero-order valence-corrected chi connectivity index (χ0v) is 9.95. The van der Waals surface area contributed by atoms with E-state index < -0.39 is 0 Å². The van der Waals surface area contributed by atoms with Crippen LogP contribution in [0.25, 0.3) is 0 Å². The maximum Gasteiger partial charge on any atom is 0.337 e. The number of aryl methyl sites for hydroxylation is 1. The number of methoxy groups -OCH3 is 1. The summed E-state index contributed by atoms with van der Waals surface area (Å²) in [5.41, 5.74) is 3.41. The Balaban J connectivity index is 2.37. The van der Waals surface area contributed by atoms with Crippen LogP contribution in [0.3, 0.4) is 0 Å². The van der Waals surface area contributed by atoms with Crippen molar-refractivity contribution >= 4 is 5.97 Å². The van der Waals surface area contributed by atoms with Crippen molar-refractivity contribution in [3.63, 3.8) is 0 Å². The second-order valence-corrected chi connectivity index (χ2v) is 4.55. The maximum absolute atomic E-state index is 11.4. The summed E-state index contributed by atoms with van der Waals surface area (Å²) in [6.07, 6.45) is 4.85. The third-order valence-corrected chi connectivity index (χ3v) is 3.43. The standard InChI is InChI=1S/C14H18O2/c1-10-5-3-4-6-11-9-12(14(15)16-2)7-8-13(10)11/h7-10H,3-6H2,1-2H3. The van der Waals surface area contributed by atoms with E-state index in [0.717, 1.165) is 6.42 Å². The summed E-state index contributed by atoms with van der Waals surface area (Å²) >= 11 is 0. The van der Waals surface area contributed by atoms with Crippen molar-refractivity contribution in [2.75, 3.05) is 7.11 Å². The predicted octanol–water partition coefficient (Wildman–Crippen LogP) is 3.30. The molecule has 1 atom stereocenters. The molecule has 0 heterocycles. The molecule has 0 amide bonds. The number of benzene rings is 1. The average molecular weight is 218 g/mol. The molecule has 2 heteroatoms. The first-order valence-corrected chi connectivity index (χ1v) is 5.93. The summed E-state index contributed by atoms with van der Waals surface area (Å²) in [6.45, 7) is 2.27.